The third-order valence-electron chi connectivity index (χ3n) is 8.84. The Morgan fingerprint density at radius 2 is 1.85 bits per heavy atom. The molecule has 2 aromatic heterocycles. The van der Waals surface area contributed by atoms with Gasteiger partial charge in [0.1, 0.15) is 17.3 Å². The van der Waals surface area contributed by atoms with Crippen molar-refractivity contribution in [3.63, 3.8) is 0 Å². The molecular formula is C31H34N4O4. The second-order valence-electron chi connectivity index (χ2n) is 11.1. The first-order valence-corrected chi connectivity index (χ1v) is 14.1. The van der Waals surface area contributed by atoms with Crippen LogP contribution < -0.4 is 9.64 Å². The third kappa shape index (κ3) is 4.04. The van der Waals surface area contributed by atoms with Crippen LogP contribution >= 0.6 is 0 Å². The molecule has 1 saturated heterocycles. The number of rotatable bonds is 5. The summed E-state index contributed by atoms with van der Waals surface area (Å²) in [6.45, 7) is 4.61. The average molecular weight is 527 g/mol. The van der Waals surface area contributed by atoms with E-state index in [-0.39, 0.29) is 11.9 Å². The first-order valence-electron chi connectivity index (χ1n) is 14.1. The van der Waals surface area contributed by atoms with Crippen LogP contribution in [-0.2, 0) is 16.0 Å². The quantitative estimate of drug-likeness (QED) is 0.306. The van der Waals surface area contributed by atoms with Crippen LogP contribution in [0.15, 0.2) is 40.9 Å². The first-order chi connectivity index (χ1) is 19.0. The monoisotopic (exact) mass is 526 g/mol. The average Bonchev–Trinajstić information content (AvgIpc) is 3.73. The van der Waals surface area contributed by atoms with Gasteiger partial charge in [-0.1, -0.05) is 11.2 Å². The van der Waals surface area contributed by atoms with Gasteiger partial charge in [-0.3, -0.25) is 4.79 Å². The minimum absolute atomic E-state index is 0.118. The van der Waals surface area contributed by atoms with Crippen molar-refractivity contribution in [1.82, 2.24) is 14.7 Å². The molecule has 8 heteroatoms. The molecule has 1 aliphatic carbocycles. The van der Waals surface area contributed by atoms with Gasteiger partial charge in [0.15, 0.2) is 0 Å². The first kappa shape index (κ1) is 24.4. The molecule has 39 heavy (non-hydrogen) atoms. The summed E-state index contributed by atoms with van der Waals surface area (Å²) in [7, 11) is 1.81. The molecule has 202 valence electrons. The van der Waals surface area contributed by atoms with E-state index in [2.05, 4.69) is 34.0 Å². The number of benzene rings is 2. The summed E-state index contributed by atoms with van der Waals surface area (Å²) in [5.41, 5.74) is 7.10. The standard InChI is InChI=1S/C31H34N4O4/c1-18-30(19(2)39-33-18)21-4-10-26-25(17-21)32-31(35(26)22-5-8-24(37-3)9-6-22)27-11-13-29(36)34(27)23-7-12-28-20(16-23)14-15-38-28/h4,7,10,12,16-17,22,24,27H,5-6,8-9,11,13-15H2,1-3H3/t22?,24?,27-/m0/s1. The normalized spacial score (nSPS) is 23.0. The Labute approximate surface area is 227 Å². The molecule has 2 aromatic carbocycles. The summed E-state index contributed by atoms with van der Waals surface area (Å²) in [5.74, 6) is 2.86. The number of hydrogen-bond donors (Lipinski definition) is 0. The molecule has 7 rings (SSSR count). The number of imidazole rings is 1. The highest BCUT2D eigenvalue weighted by Gasteiger charge is 2.39. The summed E-state index contributed by atoms with van der Waals surface area (Å²) in [4.78, 5) is 20.6. The molecule has 4 aromatic rings. The molecule has 0 spiro atoms. The molecular weight excluding hydrogens is 492 g/mol. The summed E-state index contributed by atoms with van der Waals surface area (Å²) < 4.78 is 19.3. The van der Waals surface area contributed by atoms with Crippen molar-refractivity contribution < 1.29 is 18.8 Å². The molecule has 2 aliphatic heterocycles. The molecule has 8 nitrogen and oxygen atoms in total. The predicted octanol–water partition coefficient (Wildman–Crippen LogP) is 6.24. The Kier molecular flexibility index (Phi) is 5.95. The Morgan fingerprint density at radius 3 is 2.62 bits per heavy atom. The Hall–Kier alpha value is -3.65. The van der Waals surface area contributed by atoms with Gasteiger partial charge in [-0.25, -0.2) is 4.98 Å². The van der Waals surface area contributed by atoms with Crippen LogP contribution in [0.4, 0.5) is 5.69 Å². The van der Waals surface area contributed by atoms with E-state index in [9.17, 15) is 4.79 Å². The number of ether oxygens (including phenoxy) is 2. The molecule has 4 heterocycles. The summed E-state index contributed by atoms with van der Waals surface area (Å²) in [5, 5.41) is 4.16. The fraction of sp³-hybridized carbons (Fsp3) is 0.452. The van der Waals surface area contributed by atoms with E-state index >= 15 is 0 Å². The lowest BCUT2D eigenvalue weighted by molar-refractivity contribution is -0.117. The second-order valence-corrected chi connectivity index (χ2v) is 11.1. The lowest BCUT2D eigenvalue weighted by Gasteiger charge is -2.32. The zero-order valence-electron chi connectivity index (χ0n) is 22.8. The summed E-state index contributed by atoms with van der Waals surface area (Å²) >= 11 is 0. The van der Waals surface area contributed by atoms with Crippen molar-refractivity contribution in [1.29, 1.82) is 0 Å². The topological polar surface area (TPSA) is 82.6 Å². The number of carbonyl (C=O) groups is 1. The van der Waals surface area contributed by atoms with E-state index < -0.39 is 0 Å². The molecule has 0 unspecified atom stereocenters. The maximum atomic E-state index is 13.4. The van der Waals surface area contributed by atoms with Crippen molar-refractivity contribution in [2.45, 2.75) is 77.0 Å². The van der Waals surface area contributed by atoms with E-state index in [0.717, 1.165) is 89.4 Å². The van der Waals surface area contributed by atoms with Gasteiger partial charge in [-0.05, 0) is 87.4 Å². The smallest absolute Gasteiger partial charge is 0.227 e. The Bertz CT molecular complexity index is 1540. The maximum absolute atomic E-state index is 13.4. The third-order valence-corrected chi connectivity index (χ3v) is 8.84. The van der Waals surface area contributed by atoms with Gasteiger partial charge < -0.3 is 23.5 Å². The lowest BCUT2D eigenvalue weighted by Crippen LogP contribution is -2.31. The lowest BCUT2D eigenvalue weighted by atomic mass is 9.92. The minimum Gasteiger partial charge on any atom is -0.493 e. The fourth-order valence-corrected chi connectivity index (χ4v) is 6.90. The van der Waals surface area contributed by atoms with Crippen LogP contribution in [0.5, 0.6) is 5.75 Å². The molecule has 0 radical (unpaired) electrons. The van der Waals surface area contributed by atoms with E-state index in [0.29, 0.717) is 25.2 Å². The highest BCUT2D eigenvalue weighted by atomic mass is 16.5. The SMILES string of the molecule is COC1CCC(n2c([C@@H]3CCC(=O)N3c3ccc4c(c3)CCO4)nc3cc(-c4c(C)noc4C)ccc32)CC1. The van der Waals surface area contributed by atoms with Crippen LogP contribution in [0.1, 0.15) is 73.5 Å². The number of amides is 1. The van der Waals surface area contributed by atoms with E-state index in [1.54, 1.807) is 0 Å². The molecule has 0 bridgehead atoms. The van der Waals surface area contributed by atoms with Crippen molar-refractivity contribution in [3.8, 4) is 16.9 Å². The molecule has 1 saturated carbocycles. The van der Waals surface area contributed by atoms with Gasteiger partial charge in [0.25, 0.3) is 0 Å². The number of fused-ring (bicyclic) bond motifs is 2. The maximum Gasteiger partial charge on any atom is 0.227 e. The molecule has 3 aliphatic rings. The zero-order valence-corrected chi connectivity index (χ0v) is 22.8. The summed E-state index contributed by atoms with van der Waals surface area (Å²) in [6.07, 6.45) is 6.55. The molecule has 0 N–H and O–H groups in total. The van der Waals surface area contributed by atoms with Crippen LogP contribution in [0.2, 0.25) is 0 Å². The van der Waals surface area contributed by atoms with Crippen molar-refractivity contribution in [2.75, 3.05) is 18.6 Å². The highest BCUT2D eigenvalue weighted by Crippen LogP contribution is 2.43. The Morgan fingerprint density at radius 1 is 1.00 bits per heavy atom. The number of aryl methyl sites for hydroxylation is 2. The zero-order chi connectivity index (χ0) is 26.7. The molecule has 2 fully saturated rings. The summed E-state index contributed by atoms with van der Waals surface area (Å²) in [6, 6.07) is 12.8. The van der Waals surface area contributed by atoms with Gasteiger partial charge in [0.2, 0.25) is 5.91 Å². The van der Waals surface area contributed by atoms with Crippen LogP contribution in [0.3, 0.4) is 0 Å². The fourth-order valence-electron chi connectivity index (χ4n) is 6.90. The number of nitrogens with zero attached hydrogens (tertiary/aromatic N) is 4. The van der Waals surface area contributed by atoms with Gasteiger partial charge in [-0.2, -0.15) is 0 Å². The van der Waals surface area contributed by atoms with Gasteiger partial charge >= 0.3 is 0 Å². The number of methoxy groups -OCH3 is 1. The van der Waals surface area contributed by atoms with Crippen molar-refractivity contribution >= 4 is 22.6 Å². The van der Waals surface area contributed by atoms with Crippen molar-refractivity contribution in [2.24, 2.45) is 0 Å². The number of aromatic nitrogens is 3. The highest BCUT2D eigenvalue weighted by molar-refractivity contribution is 5.97. The van der Waals surface area contributed by atoms with E-state index in [1.807, 2.05) is 38.0 Å². The number of carbonyl (C=O) groups excluding carboxylic acids is 1. The predicted molar refractivity (Wildman–Crippen MR) is 148 cm³/mol. The van der Waals surface area contributed by atoms with Gasteiger partial charge in [-0.15, -0.1) is 0 Å². The Balaban J connectivity index is 1.35. The minimum atomic E-state index is -0.118. The molecule has 1 amide bonds. The molecule has 1 atom stereocenters. The number of hydrogen-bond acceptors (Lipinski definition) is 6. The van der Waals surface area contributed by atoms with E-state index in [4.69, 9.17) is 19.0 Å². The van der Waals surface area contributed by atoms with Crippen LogP contribution in [-0.4, -0.2) is 40.4 Å². The second kappa shape index (κ2) is 9.52. The van der Waals surface area contributed by atoms with Gasteiger partial charge in [0, 0.05) is 37.2 Å². The van der Waals surface area contributed by atoms with E-state index in [1.165, 1.54) is 5.56 Å². The van der Waals surface area contributed by atoms with Crippen LogP contribution in [0.25, 0.3) is 22.2 Å². The number of anilines is 1. The van der Waals surface area contributed by atoms with Gasteiger partial charge in [0.05, 0.1) is 35.5 Å². The van der Waals surface area contributed by atoms with Crippen LogP contribution in [0, 0.1) is 13.8 Å². The van der Waals surface area contributed by atoms with Crippen molar-refractivity contribution in [3.05, 3.63) is 59.2 Å². The largest absolute Gasteiger partial charge is 0.493 e.